The van der Waals surface area contributed by atoms with Crippen LogP contribution >= 0.6 is 11.6 Å². The second-order valence-corrected chi connectivity index (χ2v) is 5.98. The average molecular weight is 352 g/mol. The largest absolute Gasteiger partial charge is 0.492 e. The molecule has 1 amide bonds. The lowest BCUT2D eigenvalue weighted by atomic mass is 10.1. The van der Waals surface area contributed by atoms with Crippen molar-refractivity contribution in [3.05, 3.63) is 95.0 Å². The first-order valence-corrected chi connectivity index (χ1v) is 8.43. The highest BCUT2D eigenvalue weighted by Crippen LogP contribution is 2.21. The molecular formula is C21H18ClNO2. The van der Waals surface area contributed by atoms with E-state index in [4.69, 9.17) is 16.3 Å². The van der Waals surface area contributed by atoms with Gasteiger partial charge in [0.25, 0.3) is 5.91 Å². The van der Waals surface area contributed by atoms with Crippen LogP contribution < -0.4 is 10.1 Å². The van der Waals surface area contributed by atoms with Gasteiger partial charge in [0.15, 0.2) is 0 Å². The number of halogens is 1. The van der Waals surface area contributed by atoms with Gasteiger partial charge in [-0.25, -0.2) is 0 Å². The summed E-state index contributed by atoms with van der Waals surface area (Å²) in [5.74, 6) is 0.363. The van der Waals surface area contributed by atoms with E-state index in [0.717, 1.165) is 6.42 Å². The summed E-state index contributed by atoms with van der Waals surface area (Å²) in [5.41, 5.74) is 2.39. The number of hydrogen-bond acceptors (Lipinski definition) is 2. The fourth-order valence-corrected chi connectivity index (χ4v) is 2.56. The number of nitrogens with one attached hydrogen (secondary N) is 1. The molecule has 0 unspecified atom stereocenters. The minimum absolute atomic E-state index is 0.211. The zero-order valence-corrected chi connectivity index (χ0v) is 14.4. The van der Waals surface area contributed by atoms with Crippen molar-refractivity contribution in [3.8, 4) is 5.75 Å². The van der Waals surface area contributed by atoms with Gasteiger partial charge in [-0.2, -0.15) is 0 Å². The second kappa shape index (κ2) is 8.36. The molecule has 3 rings (SSSR count). The monoisotopic (exact) mass is 351 g/mol. The molecule has 3 nitrogen and oxygen atoms in total. The van der Waals surface area contributed by atoms with Crippen LogP contribution in [0.25, 0.3) is 0 Å². The molecule has 3 aromatic carbocycles. The van der Waals surface area contributed by atoms with E-state index in [1.54, 1.807) is 30.3 Å². The summed E-state index contributed by atoms with van der Waals surface area (Å²) in [6.07, 6.45) is 0.786. The Morgan fingerprint density at radius 3 is 2.32 bits per heavy atom. The van der Waals surface area contributed by atoms with Gasteiger partial charge in [-0.05, 0) is 42.0 Å². The molecule has 0 radical (unpaired) electrons. The number of hydrogen-bond donors (Lipinski definition) is 1. The highest BCUT2D eigenvalue weighted by atomic mass is 35.5. The summed E-state index contributed by atoms with van der Waals surface area (Å²) in [5, 5.41) is 3.48. The molecule has 0 spiro atoms. The van der Waals surface area contributed by atoms with Crippen LogP contribution in [0, 0.1) is 0 Å². The van der Waals surface area contributed by atoms with Crippen LogP contribution in [-0.4, -0.2) is 12.5 Å². The van der Waals surface area contributed by atoms with Gasteiger partial charge in [-0.3, -0.25) is 4.79 Å². The topological polar surface area (TPSA) is 38.3 Å². The number of rotatable bonds is 6. The lowest BCUT2D eigenvalue weighted by Gasteiger charge is -2.12. The van der Waals surface area contributed by atoms with Gasteiger partial charge in [0, 0.05) is 17.1 Å². The summed E-state index contributed by atoms with van der Waals surface area (Å²) < 4.78 is 5.84. The summed E-state index contributed by atoms with van der Waals surface area (Å²) in [6.45, 7) is 0.509. The van der Waals surface area contributed by atoms with E-state index in [-0.39, 0.29) is 5.91 Å². The van der Waals surface area contributed by atoms with Crippen molar-refractivity contribution in [2.24, 2.45) is 0 Å². The van der Waals surface area contributed by atoms with E-state index in [2.05, 4.69) is 17.4 Å². The molecule has 0 atom stereocenters. The SMILES string of the molecule is O=C(Nc1ccc(Cl)cc1)c1ccccc1OCCc1ccccc1. The molecule has 0 aromatic heterocycles. The fraction of sp³-hybridized carbons (Fsp3) is 0.0952. The summed E-state index contributed by atoms with van der Waals surface area (Å²) in [7, 11) is 0. The quantitative estimate of drug-likeness (QED) is 0.661. The number of carbonyl (C=O) groups is 1. The fourth-order valence-electron chi connectivity index (χ4n) is 2.44. The zero-order chi connectivity index (χ0) is 17.5. The summed E-state index contributed by atoms with van der Waals surface area (Å²) in [4.78, 5) is 12.5. The van der Waals surface area contributed by atoms with Gasteiger partial charge in [-0.1, -0.05) is 54.1 Å². The maximum absolute atomic E-state index is 12.5. The molecular weight excluding hydrogens is 334 g/mol. The Bertz CT molecular complexity index is 832. The molecule has 0 aliphatic carbocycles. The third-order valence-electron chi connectivity index (χ3n) is 3.72. The molecule has 1 N–H and O–H groups in total. The third kappa shape index (κ3) is 4.85. The smallest absolute Gasteiger partial charge is 0.259 e. The molecule has 0 saturated carbocycles. The number of amides is 1. The molecule has 0 aliphatic rings. The molecule has 0 aliphatic heterocycles. The van der Waals surface area contributed by atoms with Gasteiger partial charge in [-0.15, -0.1) is 0 Å². The van der Waals surface area contributed by atoms with Gasteiger partial charge in [0.05, 0.1) is 12.2 Å². The predicted octanol–water partition coefficient (Wildman–Crippen LogP) is 5.21. The Kier molecular flexibility index (Phi) is 5.70. The van der Waals surface area contributed by atoms with E-state index in [1.807, 2.05) is 36.4 Å². The first kappa shape index (κ1) is 17.1. The van der Waals surface area contributed by atoms with E-state index >= 15 is 0 Å². The lowest BCUT2D eigenvalue weighted by Crippen LogP contribution is -2.14. The molecule has 0 bridgehead atoms. The van der Waals surface area contributed by atoms with Crippen molar-refractivity contribution in [2.45, 2.75) is 6.42 Å². The minimum atomic E-state index is -0.211. The predicted molar refractivity (Wildman–Crippen MR) is 101 cm³/mol. The van der Waals surface area contributed by atoms with Gasteiger partial charge >= 0.3 is 0 Å². The Morgan fingerprint density at radius 1 is 0.880 bits per heavy atom. The van der Waals surface area contributed by atoms with Crippen molar-refractivity contribution in [1.29, 1.82) is 0 Å². The average Bonchev–Trinajstić information content (AvgIpc) is 2.65. The molecule has 126 valence electrons. The van der Waals surface area contributed by atoms with Crippen LogP contribution in [0.3, 0.4) is 0 Å². The van der Waals surface area contributed by atoms with E-state index in [9.17, 15) is 4.79 Å². The van der Waals surface area contributed by atoms with Gasteiger partial charge in [0.2, 0.25) is 0 Å². The van der Waals surface area contributed by atoms with Crippen LogP contribution in [-0.2, 0) is 6.42 Å². The Balaban J connectivity index is 1.65. The van der Waals surface area contributed by atoms with E-state index in [0.29, 0.717) is 28.6 Å². The maximum atomic E-state index is 12.5. The Hall–Kier alpha value is -2.78. The summed E-state index contributed by atoms with van der Waals surface area (Å²) in [6, 6.07) is 24.3. The number of benzene rings is 3. The van der Waals surface area contributed by atoms with Crippen LogP contribution in [0.5, 0.6) is 5.75 Å². The molecule has 0 heterocycles. The molecule has 25 heavy (non-hydrogen) atoms. The van der Waals surface area contributed by atoms with Crippen molar-refractivity contribution in [2.75, 3.05) is 11.9 Å². The lowest BCUT2D eigenvalue weighted by molar-refractivity contribution is 0.102. The summed E-state index contributed by atoms with van der Waals surface area (Å²) >= 11 is 5.87. The van der Waals surface area contributed by atoms with Crippen LogP contribution in [0.1, 0.15) is 15.9 Å². The van der Waals surface area contributed by atoms with Crippen LogP contribution in [0.4, 0.5) is 5.69 Å². The van der Waals surface area contributed by atoms with E-state index < -0.39 is 0 Å². The number of anilines is 1. The minimum Gasteiger partial charge on any atom is -0.492 e. The zero-order valence-electron chi connectivity index (χ0n) is 13.6. The van der Waals surface area contributed by atoms with E-state index in [1.165, 1.54) is 5.56 Å². The van der Waals surface area contributed by atoms with Crippen molar-refractivity contribution < 1.29 is 9.53 Å². The van der Waals surface area contributed by atoms with Crippen molar-refractivity contribution >= 4 is 23.2 Å². The highest BCUT2D eigenvalue weighted by molar-refractivity contribution is 6.30. The van der Waals surface area contributed by atoms with Crippen molar-refractivity contribution in [1.82, 2.24) is 0 Å². The first-order chi connectivity index (χ1) is 12.2. The van der Waals surface area contributed by atoms with Gasteiger partial charge in [0.1, 0.15) is 5.75 Å². The standard InChI is InChI=1S/C21H18ClNO2/c22-17-10-12-18(13-11-17)23-21(24)19-8-4-5-9-20(19)25-15-14-16-6-2-1-3-7-16/h1-13H,14-15H2,(H,23,24). The normalized spacial score (nSPS) is 10.3. The third-order valence-corrected chi connectivity index (χ3v) is 3.98. The number of carbonyl (C=O) groups excluding carboxylic acids is 1. The van der Waals surface area contributed by atoms with Crippen molar-refractivity contribution in [3.63, 3.8) is 0 Å². The Morgan fingerprint density at radius 2 is 1.56 bits per heavy atom. The number of ether oxygens (including phenoxy) is 1. The maximum Gasteiger partial charge on any atom is 0.259 e. The molecule has 0 fully saturated rings. The van der Waals surface area contributed by atoms with Crippen LogP contribution in [0.15, 0.2) is 78.9 Å². The molecule has 4 heteroatoms. The number of para-hydroxylation sites is 1. The molecule has 0 saturated heterocycles. The van der Waals surface area contributed by atoms with Crippen LogP contribution in [0.2, 0.25) is 5.02 Å². The molecule has 3 aromatic rings. The second-order valence-electron chi connectivity index (χ2n) is 5.54. The van der Waals surface area contributed by atoms with Gasteiger partial charge < -0.3 is 10.1 Å². The highest BCUT2D eigenvalue weighted by Gasteiger charge is 2.12. The Labute approximate surface area is 152 Å². The first-order valence-electron chi connectivity index (χ1n) is 8.05.